The van der Waals surface area contributed by atoms with Crippen molar-refractivity contribution < 1.29 is 7.86 Å². The highest BCUT2D eigenvalue weighted by molar-refractivity contribution is 14.1. The minimum atomic E-state index is -0.219. The van der Waals surface area contributed by atoms with E-state index in [1.165, 1.54) is 29.5 Å². The molecule has 0 saturated heterocycles. The van der Waals surface area contributed by atoms with Crippen LogP contribution in [0.4, 0.5) is 0 Å². The van der Waals surface area contributed by atoms with Gasteiger partial charge in [-0.15, -0.1) is 0 Å². The zero-order chi connectivity index (χ0) is 15.1. The van der Waals surface area contributed by atoms with Crippen molar-refractivity contribution >= 4 is 29.0 Å². The van der Waals surface area contributed by atoms with Crippen LogP contribution in [0.5, 0.6) is 0 Å². The summed E-state index contributed by atoms with van der Waals surface area (Å²) >= 11 is 1.62. The van der Waals surface area contributed by atoms with Crippen LogP contribution >= 0.6 is 23.0 Å². The molecule has 0 heterocycles. The standard InChI is InChI=1S/C18H19IO2/c1-2-3-4-14-5-9-16(10-6-14)17-11-7-15(8-12-17)13-18(20)21-19/h5-12H,2-4,13H2,1H3. The van der Waals surface area contributed by atoms with E-state index in [4.69, 9.17) is 0 Å². The third-order valence-electron chi connectivity index (χ3n) is 3.49. The van der Waals surface area contributed by atoms with Gasteiger partial charge in [0.05, 0.1) is 6.42 Å². The van der Waals surface area contributed by atoms with Gasteiger partial charge >= 0.3 is 5.97 Å². The lowest BCUT2D eigenvalue weighted by Crippen LogP contribution is -2.00. The molecule has 0 fully saturated rings. The number of aryl methyl sites for hydroxylation is 1. The number of rotatable bonds is 6. The first kappa shape index (κ1) is 16.0. The molecular formula is C18H19IO2. The number of hydrogen-bond donors (Lipinski definition) is 0. The molecule has 0 radical (unpaired) electrons. The van der Waals surface area contributed by atoms with Crippen molar-refractivity contribution in [1.82, 2.24) is 0 Å². The summed E-state index contributed by atoms with van der Waals surface area (Å²) in [5, 5.41) is 0. The molecule has 2 nitrogen and oxygen atoms in total. The Balaban J connectivity index is 2.06. The summed E-state index contributed by atoms with van der Waals surface area (Å²) in [6.07, 6.45) is 3.93. The highest BCUT2D eigenvalue weighted by atomic mass is 127. The molecule has 3 heteroatoms. The van der Waals surface area contributed by atoms with Crippen LogP contribution in [0.2, 0.25) is 0 Å². The molecule has 21 heavy (non-hydrogen) atoms. The minimum Gasteiger partial charge on any atom is -0.394 e. The Kier molecular flexibility index (Phi) is 6.23. The lowest BCUT2D eigenvalue weighted by molar-refractivity contribution is -0.130. The van der Waals surface area contributed by atoms with Gasteiger partial charge in [0.25, 0.3) is 0 Å². The van der Waals surface area contributed by atoms with Crippen molar-refractivity contribution in [2.24, 2.45) is 0 Å². The van der Waals surface area contributed by atoms with E-state index in [1.54, 1.807) is 23.0 Å². The van der Waals surface area contributed by atoms with Crippen LogP contribution in [0.15, 0.2) is 48.5 Å². The van der Waals surface area contributed by atoms with Gasteiger partial charge in [-0.1, -0.05) is 61.9 Å². The maximum atomic E-state index is 11.2. The van der Waals surface area contributed by atoms with Crippen molar-refractivity contribution in [3.8, 4) is 11.1 Å². The summed E-state index contributed by atoms with van der Waals surface area (Å²) in [7, 11) is 0. The van der Waals surface area contributed by atoms with Crippen LogP contribution in [0.25, 0.3) is 11.1 Å². The maximum absolute atomic E-state index is 11.2. The molecular weight excluding hydrogens is 375 g/mol. The van der Waals surface area contributed by atoms with Crippen LogP contribution in [0.3, 0.4) is 0 Å². The first-order valence-corrected chi connectivity index (χ1v) is 8.10. The quantitative estimate of drug-likeness (QED) is 0.635. The summed E-state index contributed by atoms with van der Waals surface area (Å²) in [5.41, 5.74) is 4.74. The number of benzene rings is 2. The molecule has 110 valence electrons. The van der Waals surface area contributed by atoms with E-state index in [2.05, 4.69) is 46.4 Å². The van der Waals surface area contributed by atoms with E-state index in [0.717, 1.165) is 12.0 Å². The molecule has 0 unspecified atom stereocenters. The Bertz CT molecular complexity index is 573. The van der Waals surface area contributed by atoms with Gasteiger partial charge in [0.2, 0.25) is 0 Å². The summed E-state index contributed by atoms with van der Waals surface area (Å²) in [5.74, 6) is -0.219. The number of hydrogen-bond acceptors (Lipinski definition) is 2. The van der Waals surface area contributed by atoms with Crippen LogP contribution in [0, 0.1) is 0 Å². The maximum Gasteiger partial charge on any atom is 0.319 e. The fourth-order valence-corrected chi connectivity index (χ4v) is 2.41. The van der Waals surface area contributed by atoms with Crippen molar-refractivity contribution in [3.05, 3.63) is 59.7 Å². The molecule has 0 atom stereocenters. The number of carbonyl (C=O) groups is 1. The lowest BCUT2D eigenvalue weighted by Gasteiger charge is -2.05. The van der Waals surface area contributed by atoms with Crippen molar-refractivity contribution in [1.29, 1.82) is 0 Å². The van der Waals surface area contributed by atoms with Gasteiger partial charge in [0.15, 0.2) is 23.0 Å². The highest BCUT2D eigenvalue weighted by Crippen LogP contribution is 2.21. The fourth-order valence-electron chi connectivity index (χ4n) is 2.25. The van der Waals surface area contributed by atoms with Gasteiger partial charge < -0.3 is 3.07 Å². The Hall–Kier alpha value is -1.36. The second kappa shape index (κ2) is 8.17. The fraction of sp³-hybridized carbons (Fsp3) is 0.278. The zero-order valence-electron chi connectivity index (χ0n) is 12.1. The topological polar surface area (TPSA) is 26.3 Å². The van der Waals surface area contributed by atoms with E-state index >= 15 is 0 Å². The van der Waals surface area contributed by atoms with E-state index in [9.17, 15) is 4.79 Å². The van der Waals surface area contributed by atoms with E-state index in [-0.39, 0.29) is 5.97 Å². The molecule has 2 rings (SSSR count). The third-order valence-corrected chi connectivity index (χ3v) is 3.99. The Morgan fingerprint density at radius 3 is 1.95 bits per heavy atom. The molecule has 0 aliphatic rings. The third kappa shape index (κ3) is 4.84. The number of unbranched alkanes of at least 4 members (excludes halogenated alkanes) is 1. The average molecular weight is 394 g/mol. The SMILES string of the molecule is CCCCc1ccc(-c2ccc(CC(=O)OI)cc2)cc1. The largest absolute Gasteiger partial charge is 0.394 e. The van der Waals surface area contributed by atoms with Gasteiger partial charge in [-0.05, 0) is 35.1 Å². The Morgan fingerprint density at radius 1 is 0.952 bits per heavy atom. The second-order valence-corrected chi connectivity index (χ2v) is 5.56. The van der Waals surface area contributed by atoms with Crippen molar-refractivity contribution in [3.63, 3.8) is 0 Å². The molecule has 2 aromatic carbocycles. The van der Waals surface area contributed by atoms with E-state index in [1.807, 2.05) is 12.1 Å². The van der Waals surface area contributed by atoms with Gasteiger partial charge in [-0.2, -0.15) is 0 Å². The van der Waals surface area contributed by atoms with Crippen molar-refractivity contribution in [2.75, 3.05) is 0 Å². The van der Waals surface area contributed by atoms with Gasteiger partial charge in [0.1, 0.15) is 0 Å². The number of halogens is 1. The first-order valence-electron chi connectivity index (χ1n) is 7.22. The molecule has 0 saturated carbocycles. The minimum absolute atomic E-state index is 0.219. The predicted octanol–water partition coefficient (Wildman–Crippen LogP) is 5.13. The van der Waals surface area contributed by atoms with Gasteiger partial charge in [0, 0.05) is 0 Å². The summed E-state index contributed by atoms with van der Waals surface area (Å²) in [6.45, 7) is 2.21. The highest BCUT2D eigenvalue weighted by Gasteiger charge is 2.04. The van der Waals surface area contributed by atoms with Crippen LogP contribution < -0.4 is 0 Å². The van der Waals surface area contributed by atoms with Crippen LogP contribution in [-0.4, -0.2) is 5.97 Å². The number of carbonyl (C=O) groups excluding carboxylic acids is 1. The molecule has 0 bridgehead atoms. The molecule has 0 aromatic heterocycles. The average Bonchev–Trinajstić information content (AvgIpc) is 2.54. The Morgan fingerprint density at radius 2 is 1.48 bits per heavy atom. The first-order chi connectivity index (χ1) is 10.2. The summed E-state index contributed by atoms with van der Waals surface area (Å²) in [4.78, 5) is 11.2. The van der Waals surface area contributed by atoms with E-state index in [0.29, 0.717) is 6.42 Å². The molecule has 0 spiro atoms. The van der Waals surface area contributed by atoms with Gasteiger partial charge in [-0.3, -0.25) is 4.79 Å². The second-order valence-electron chi connectivity index (χ2n) is 5.12. The van der Waals surface area contributed by atoms with Gasteiger partial charge in [-0.25, -0.2) is 0 Å². The van der Waals surface area contributed by atoms with Crippen LogP contribution in [0.1, 0.15) is 30.9 Å². The molecule has 2 aromatic rings. The molecule has 0 aliphatic carbocycles. The zero-order valence-corrected chi connectivity index (χ0v) is 14.3. The molecule has 0 N–H and O–H groups in total. The summed E-state index contributed by atoms with van der Waals surface area (Å²) in [6, 6.07) is 16.8. The van der Waals surface area contributed by atoms with E-state index < -0.39 is 0 Å². The Labute approximate surface area is 140 Å². The predicted molar refractivity (Wildman–Crippen MR) is 94.3 cm³/mol. The lowest BCUT2D eigenvalue weighted by atomic mass is 10.0. The monoisotopic (exact) mass is 394 g/mol. The molecule has 0 amide bonds. The summed E-state index contributed by atoms with van der Waals surface area (Å²) < 4.78 is 4.65. The smallest absolute Gasteiger partial charge is 0.319 e. The van der Waals surface area contributed by atoms with Crippen molar-refractivity contribution in [2.45, 2.75) is 32.6 Å². The van der Waals surface area contributed by atoms with Crippen LogP contribution in [-0.2, 0) is 20.7 Å². The normalized spacial score (nSPS) is 10.4. The molecule has 0 aliphatic heterocycles.